The van der Waals surface area contributed by atoms with Gasteiger partial charge in [0.2, 0.25) is 0 Å². The molecule has 0 aliphatic heterocycles. The van der Waals surface area contributed by atoms with E-state index in [0.29, 0.717) is 38.6 Å². The lowest BCUT2D eigenvalue weighted by Gasteiger charge is -2.19. The fourth-order valence-corrected chi connectivity index (χ4v) is 3.83. The maximum Gasteiger partial charge on any atom is 0.261 e. The second-order valence-electron chi connectivity index (χ2n) is 8.03. The average Bonchev–Trinajstić information content (AvgIpc) is 2.64. The van der Waals surface area contributed by atoms with Crippen LogP contribution in [0.15, 0.2) is 45.6 Å². The van der Waals surface area contributed by atoms with Crippen molar-refractivity contribution in [3.05, 3.63) is 62.9 Å². The van der Waals surface area contributed by atoms with Gasteiger partial charge >= 0.3 is 0 Å². The van der Waals surface area contributed by atoms with Crippen LogP contribution < -0.4 is 5.56 Å². The van der Waals surface area contributed by atoms with Gasteiger partial charge in [0.25, 0.3) is 5.56 Å². The van der Waals surface area contributed by atoms with Crippen LogP contribution in [0, 0.1) is 6.92 Å². The molecule has 1 heterocycles. The van der Waals surface area contributed by atoms with E-state index >= 15 is 0 Å². The molecule has 0 radical (unpaired) electrons. The average molecular weight is 430 g/mol. The first-order valence-electron chi connectivity index (χ1n) is 9.24. The van der Waals surface area contributed by atoms with Crippen LogP contribution in [0.1, 0.15) is 38.8 Å². The highest BCUT2D eigenvalue weighted by Gasteiger charge is 2.27. The lowest BCUT2D eigenvalue weighted by atomic mass is 10.0. The van der Waals surface area contributed by atoms with Gasteiger partial charge in [-0.1, -0.05) is 28.1 Å². The number of fused-ring (bicyclic) bond motifs is 1. The van der Waals surface area contributed by atoms with Crippen molar-refractivity contribution >= 4 is 39.6 Å². The number of aryl methyl sites for hydroxylation is 1. The highest BCUT2D eigenvalue weighted by atomic mass is 35.5. The molecule has 0 saturated heterocycles. The second kappa shape index (κ2) is 7.94. The Kier molecular flexibility index (Phi) is 5.90. The van der Waals surface area contributed by atoms with E-state index in [1.54, 1.807) is 20.0 Å². The number of nitrogens with zero attached hydrogens (tertiary/aromatic N) is 3. The first-order chi connectivity index (χ1) is 13.5. The zero-order chi connectivity index (χ0) is 21.5. The maximum absolute atomic E-state index is 13.1. The summed E-state index contributed by atoms with van der Waals surface area (Å²) < 4.78 is 18.0. The molecule has 152 valence electrons. The molecule has 0 amide bonds. The van der Waals surface area contributed by atoms with Crippen LogP contribution in [-0.2, 0) is 18.4 Å². The van der Waals surface area contributed by atoms with Gasteiger partial charge in [0.1, 0.15) is 21.9 Å². The summed E-state index contributed by atoms with van der Waals surface area (Å²) in [4.78, 5) is 17.9. The molecule has 29 heavy (non-hydrogen) atoms. The van der Waals surface area contributed by atoms with Crippen molar-refractivity contribution in [3.8, 4) is 11.4 Å². The summed E-state index contributed by atoms with van der Waals surface area (Å²) in [6.07, 6.45) is 0. The number of aromatic nitrogens is 2. The number of hydrogen-bond donors (Lipinski definition) is 0. The smallest absolute Gasteiger partial charge is 0.261 e. The van der Waals surface area contributed by atoms with E-state index in [9.17, 15) is 9.35 Å². The lowest BCUT2D eigenvalue weighted by molar-refractivity contribution is 0.561. The van der Waals surface area contributed by atoms with E-state index in [-0.39, 0.29) is 5.56 Å². The van der Waals surface area contributed by atoms with E-state index < -0.39 is 16.1 Å². The van der Waals surface area contributed by atoms with Crippen molar-refractivity contribution in [3.63, 3.8) is 0 Å². The standard InChI is InChI=1S/C22H24ClN3O2S/c1-13-11-16(14(2)25-29(28)22(3,4)5)19-17(12-13)21(27)26(6)20(24-19)15-9-7-8-10-18(15)23/h7-12H,1-6H3/t29-/m1/s1. The van der Waals surface area contributed by atoms with Gasteiger partial charge in [0, 0.05) is 18.2 Å². The first kappa shape index (κ1) is 21.6. The highest BCUT2D eigenvalue weighted by molar-refractivity contribution is 7.91. The molecule has 1 atom stereocenters. The summed E-state index contributed by atoms with van der Waals surface area (Å²) in [5.74, 6) is 0.475. The number of hydrogen-bond acceptors (Lipinski definition) is 4. The van der Waals surface area contributed by atoms with Crippen LogP contribution in [0.25, 0.3) is 22.3 Å². The molecule has 0 aliphatic rings. The van der Waals surface area contributed by atoms with Crippen molar-refractivity contribution in [2.45, 2.75) is 39.4 Å². The van der Waals surface area contributed by atoms with Crippen molar-refractivity contribution in [1.29, 1.82) is 0 Å². The predicted octanol–water partition coefficient (Wildman–Crippen LogP) is 4.83. The van der Waals surface area contributed by atoms with Gasteiger partial charge in [0.05, 0.1) is 21.6 Å². The molecule has 3 aromatic rings. The molecular weight excluding hydrogens is 406 g/mol. The minimum atomic E-state index is -1.42. The van der Waals surface area contributed by atoms with Crippen molar-refractivity contribution in [2.75, 3.05) is 0 Å². The minimum Gasteiger partial charge on any atom is -0.591 e. The molecular formula is C22H24ClN3O2S. The van der Waals surface area contributed by atoms with Gasteiger partial charge in [-0.2, -0.15) is 0 Å². The topological polar surface area (TPSA) is 70.3 Å². The Morgan fingerprint density at radius 1 is 1.24 bits per heavy atom. The van der Waals surface area contributed by atoms with Gasteiger partial charge in [-0.3, -0.25) is 9.36 Å². The third-order valence-corrected chi connectivity index (χ3v) is 6.39. The Morgan fingerprint density at radius 2 is 1.90 bits per heavy atom. The normalized spacial score (nSPS) is 13.7. The Bertz CT molecular complexity index is 1180. The predicted molar refractivity (Wildman–Crippen MR) is 122 cm³/mol. The molecule has 0 bridgehead atoms. The molecule has 5 nitrogen and oxygen atoms in total. The summed E-state index contributed by atoms with van der Waals surface area (Å²) in [7, 11) is 1.69. The zero-order valence-corrected chi connectivity index (χ0v) is 19.0. The maximum atomic E-state index is 13.1. The third kappa shape index (κ3) is 4.25. The first-order valence-corrected chi connectivity index (χ1v) is 10.7. The molecule has 0 saturated carbocycles. The summed E-state index contributed by atoms with van der Waals surface area (Å²) in [5, 5.41) is 1.01. The van der Waals surface area contributed by atoms with E-state index in [1.807, 2.05) is 58.0 Å². The molecule has 0 unspecified atom stereocenters. The van der Waals surface area contributed by atoms with Gasteiger partial charge < -0.3 is 4.55 Å². The summed E-state index contributed by atoms with van der Waals surface area (Å²) in [6.45, 7) is 9.33. The SMILES string of the molecule is CC(=N[S@+]([O-])C(C)(C)C)c1cc(C)cc2c(=O)n(C)c(-c3ccccc3Cl)nc12. The summed E-state index contributed by atoms with van der Waals surface area (Å²) in [5.41, 5.74) is 3.23. The Balaban J connectivity index is 2.34. The summed E-state index contributed by atoms with van der Waals surface area (Å²) >= 11 is 4.95. The van der Waals surface area contributed by atoms with Gasteiger partial charge in [0.15, 0.2) is 0 Å². The Hall–Kier alpha value is -2.15. The largest absolute Gasteiger partial charge is 0.591 e. The van der Waals surface area contributed by atoms with Crippen LogP contribution in [-0.4, -0.2) is 24.6 Å². The monoisotopic (exact) mass is 429 g/mol. The van der Waals surface area contributed by atoms with Gasteiger partial charge in [-0.05, 0) is 64.4 Å². The summed E-state index contributed by atoms with van der Waals surface area (Å²) in [6, 6.07) is 11.0. The van der Waals surface area contributed by atoms with Crippen LogP contribution in [0.2, 0.25) is 5.02 Å². The van der Waals surface area contributed by atoms with Crippen LogP contribution in [0.5, 0.6) is 0 Å². The van der Waals surface area contributed by atoms with E-state index in [2.05, 4.69) is 4.40 Å². The Morgan fingerprint density at radius 3 is 2.52 bits per heavy atom. The van der Waals surface area contributed by atoms with Gasteiger partial charge in [-0.25, -0.2) is 4.98 Å². The van der Waals surface area contributed by atoms with E-state index in [0.717, 1.165) is 5.56 Å². The lowest BCUT2D eigenvalue weighted by Crippen LogP contribution is -2.27. The van der Waals surface area contributed by atoms with Crippen molar-refractivity contribution < 1.29 is 4.55 Å². The molecule has 7 heteroatoms. The Labute approximate surface area is 178 Å². The van der Waals surface area contributed by atoms with Crippen LogP contribution in [0.4, 0.5) is 0 Å². The molecule has 3 rings (SSSR count). The number of rotatable bonds is 3. The molecule has 2 aromatic carbocycles. The van der Waals surface area contributed by atoms with E-state index in [1.165, 1.54) is 4.57 Å². The number of benzene rings is 2. The molecule has 0 aliphatic carbocycles. The molecule has 0 fully saturated rings. The zero-order valence-electron chi connectivity index (χ0n) is 17.4. The molecule has 0 N–H and O–H groups in total. The van der Waals surface area contributed by atoms with Crippen LogP contribution >= 0.6 is 11.6 Å². The third-order valence-electron chi connectivity index (χ3n) is 4.57. The second-order valence-corrected chi connectivity index (χ2v) is 10.3. The minimum absolute atomic E-state index is 0.167. The molecule has 1 aromatic heterocycles. The fraction of sp³-hybridized carbons (Fsp3) is 0.318. The molecule has 0 spiro atoms. The quantitative estimate of drug-likeness (QED) is 0.442. The van der Waals surface area contributed by atoms with Crippen LogP contribution in [0.3, 0.4) is 0 Å². The van der Waals surface area contributed by atoms with Crippen molar-refractivity contribution in [2.24, 2.45) is 11.4 Å². The van der Waals surface area contributed by atoms with Crippen molar-refractivity contribution in [1.82, 2.24) is 9.55 Å². The van der Waals surface area contributed by atoms with E-state index in [4.69, 9.17) is 16.6 Å². The van der Waals surface area contributed by atoms with Gasteiger partial charge in [-0.15, -0.1) is 0 Å². The highest BCUT2D eigenvalue weighted by Crippen LogP contribution is 2.28. The fourth-order valence-electron chi connectivity index (χ4n) is 2.99. The number of halogens is 1.